The van der Waals surface area contributed by atoms with Gasteiger partial charge in [0.15, 0.2) is 0 Å². The van der Waals surface area contributed by atoms with Gasteiger partial charge in [0, 0.05) is 25.6 Å². The number of carbonyl (C=O) groups is 2. The molecule has 0 saturated heterocycles. The van der Waals surface area contributed by atoms with Gasteiger partial charge in [0.25, 0.3) is 0 Å². The summed E-state index contributed by atoms with van der Waals surface area (Å²) < 4.78 is 13.4. The summed E-state index contributed by atoms with van der Waals surface area (Å²) in [5.74, 6) is 0.00924. The van der Waals surface area contributed by atoms with Crippen molar-refractivity contribution in [3.8, 4) is 0 Å². The fourth-order valence-corrected chi connectivity index (χ4v) is 7.54. The molecule has 0 amide bonds. The Hall–Kier alpha value is -1.96. The molecule has 0 radical (unpaired) electrons. The minimum atomic E-state index is -0.0179. The van der Waals surface area contributed by atoms with Crippen LogP contribution in [-0.4, -0.2) is 64.2 Å². The Bertz CT molecular complexity index is 927. The normalized spacial score (nSPS) is 11.6. The molecule has 0 aliphatic heterocycles. The third kappa shape index (κ3) is 35.0. The Kier molecular flexibility index (Phi) is 37.4. The van der Waals surface area contributed by atoms with Gasteiger partial charge in [0.05, 0.1) is 12.8 Å². The van der Waals surface area contributed by atoms with Crippen LogP contribution in [0.15, 0.2) is 12.4 Å². The lowest BCUT2D eigenvalue weighted by atomic mass is 10.0. The first-order valence-electron chi connectivity index (χ1n) is 24.0. The van der Waals surface area contributed by atoms with E-state index in [-0.39, 0.29) is 18.0 Å². The molecule has 1 aromatic heterocycles. The molecular formula is C47H90N4O4. The molecule has 1 aromatic rings. The molecule has 0 fully saturated rings. The summed E-state index contributed by atoms with van der Waals surface area (Å²) in [6, 6.07) is 0. The fraction of sp³-hybridized carbons (Fsp3) is 0.915. The molecule has 0 atom stereocenters. The quantitative estimate of drug-likeness (QED) is 0.0482. The number of unbranched alkanes of at least 4 members (excludes halogenated alkanes) is 24. The zero-order valence-electron chi connectivity index (χ0n) is 36.7. The van der Waals surface area contributed by atoms with Crippen LogP contribution in [0, 0.1) is 0 Å². The van der Waals surface area contributed by atoms with Crippen molar-refractivity contribution in [3.05, 3.63) is 12.4 Å². The van der Waals surface area contributed by atoms with Crippen molar-refractivity contribution in [1.82, 2.24) is 19.9 Å². The lowest BCUT2D eigenvalue weighted by Gasteiger charge is -2.22. The van der Waals surface area contributed by atoms with Crippen molar-refractivity contribution in [3.63, 3.8) is 0 Å². The number of hydrogen-bond acceptors (Lipinski definition) is 7. The third-order valence-corrected chi connectivity index (χ3v) is 11.1. The molecule has 0 bridgehead atoms. The summed E-state index contributed by atoms with van der Waals surface area (Å²) in [6.45, 7) is 11.6. The van der Waals surface area contributed by atoms with Crippen LogP contribution in [0.25, 0.3) is 0 Å². The number of hydrogen-bond donors (Lipinski definition) is 0. The molecule has 55 heavy (non-hydrogen) atoms. The van der Waals surface area contributed by atoms with Crippen LogP contribution in [0.4, 0.5) is 0 Å². The van der Waals surface area contributed by atoms with Crippen LogP contribution in [0.1, 0.15) is 239 Å². The van der Waals surface area contributed by atoms with Crippen molar-refractivity contribution in [1.29, 1.82) is 0 Å². The Morgan fingerprint density at radius 3 is 1.47 bits per heavy atom. The molecule has 0 spiro atoms. The van der Waals surface area contributed by atoms with E-state index in [2.05, 4.69) is 36.0 Å². The highest BCUT2D eigenvalue weighted by Gasteiger charge is 2.14. The lowest BCUT2D eigenvalue weighted by Crippen LogP contribution is -2.28. The Morgan fingerprint density at radius 1 is 0.527 bits per heavy atom. The van der Waals surface area contributed by atoms with Crippen LogP contribution in [-0.2, 0) is 25.6 Å². The van der Waals surface area contributed by atoms with Crippen molar-refractivity contribution >= 4 is 11.9 Å². The smallest absolute Gasteiger partial charge is 0.306 e. The summed E-state index contributed by atoms with van der Waals surface area (Å²) in [5.41, 5.74) is 0. The van der Waals surface area contributed by atoms with E-state index in [9.17, 15) is 9.59 Å². The molecule has 322 valence electrons. The van der Waals surface area contributed by atoms with Crippen LogP contribution in [0.2, 0.25) is 0 Å². The van der Waals surface area contributed by atoms with Crippen LogP contribution in [0.3, 0.4) is 0 Å². The SMILES string of the molecule is CCCCCCCCCOC(=O)CCCCCCCN(CCCCCCCC(=O)OC(CCCCCCCC)CCCCCCCC)CCCn1ccnn1. The minimum absolute atomic E-state index is 0.0179. The van der Waals surface area contributed by atoms with E-state index in [1.54, 1.807) is 6.20 Å². The largest absolute Gasteiger partial charge is 0.466 e. The number of aryl methyl sites for hydroxylation is 1. The van der Waals surface area contributed by atoms with Crippen LogP contribution in [0.5, 0.6) is 0 Å². The van der Waals surface area contributed by atoms with Gasteiger partial charge in [-0.25, -0.2) is 0 Å². The molecule has 0 N–H and O–H groups in total. The first-order valence-corrected chi connectivity index (χ1v) is 24.0. The van der Waals surface area contributed by atoms with Crippen molar-refractivity contribution in [2.75, 3.05) is 26.2 Å². The highest BCUT2D eigenvalue weighted by Crippen LogP contribution is 2.19. The number of esters is 2. The molecule has 0 aliphatic carbocycles. The topological polar surface area (TPSA) is 86.5 Å². The van der Waals surface area contributed by atoms with Crippen molar-refractivity contribution in [2.24, 2.45) is 0 Å². The molecule has 8 nitrogen and oxygen atoms in total. The predicted molar refractivity (Wildman–Crippen MR) is 231 cm³/mol. The second-order valence-electron chi connectivity index (χ2n) is 16.5. The number of carbonyl (C=O) groups excluding carboxylic acids is 2. The second kappa shape index (κ2) is 40.2. The number of aromatic nitrogens is 3. The van der Waals surface area contributed by atoms with Gasteiger partial charge < -0.3 is 14.4 Å². The molecule has 1 rings (SSSR count). The maximum atomic E-state index is 12.8. The standard InChI is InChI=1S/C47H90N4O4/c1-4-7-10-13-16-25-32-44-54-46(52)36-28-21-17-23-30-39-50(41-33-42-51-43-38-48-49-51)40-31-24-18-22-29-37-47(53)55-45(34-26-19-14-11-8-5-2)35-27-20-15-12-9-6-3/h38,43,45H,4-37,39-42,44H2,1-3H3. The lowest BCUT2D eigenvalue weighted by molar-refractivity contribution is -0.150. The van der Waals surface area contributed by atoms with Crippen LogP contribution < -0.4 is 0 Å². The van der Waals surface area contributed by atoms with E-state index >= 15 is 0 Å². The van der Waals surface area contributed by atoms with E-state index in [0.29, 0.717) is 19.4 Å². The van der Waals surface area contributed by atoms with Gasteiger partial charge in [0.2, 0.25) is 0 Å². The van der Waals surface area contributed by atoms with Gasteiger partial charge in [-0.1, -0.05) is 167 Å². The van der Waals surface area contributed by atoms with Crippen LogP contribution >= 0.6 is 0 Å². The zero-order chi connectivity index (χ0) is 39.7. The highest BCUT2D eigenvalue weighted by molar-refractivity contribution is 5.69. The third-order valence-electron chi connectivity index (χ3n) is 11.1. The van der Waals surface area contributed by atoms with Gasteiger partial charge in [-0.15, -0.1) is 5.10 Å². The molecule has 0 unspecified atom stereocenters. The molecule has 8 heteroatoms. The highest BCUT2D eigenvalue weighted by atomic mass is 16.5. The van der Waals surface area contributed by atoms with Crippen molar-refractivity contribution in [2.45, 2.75) is 252 Å². The summed E-state index contributed by atoms with van der Waals surface area (Å²) in [4.78, 5) is 27.5. The van der Waals surface area contributed by atoms with Gasteiger partial charge >= 0.3 is 11.9 Å². The van der Waals surface area contributed by atoms with Gasteiger partial charge in [0.1, 0.15) is 6.10 Å². The monoisotopic (exact) mass is 775 g/mol. The Labute approximate surface area is 340 Å². The molecular weight excluding hydrogens is 685 g/mol. The summed E-state index contributed by atoms with van der Waals surface area (Å²) in [5, 5.41) is 8.08. The number of ether oxygens (including phenoxy) is 2. The van der Waals surface area contributed by atoms with Gasteiger partial charge in [-0.05, 0) is 83.8 Å². The predicted octanol–water partition coefficient (Wildman–Crippen LogP) is 13.4. The van der Waals surface area contributed by atoms with E-state index in [1.165, 1.54) is 154 Å². The number of nitrogens with zero attached hydrogens (tertiary/aromatic N) is 4. The summed E-state index contributed by atoms with van der Waals surface area (Å²) in [6.07, 6.45) is 43.5. The first-order chi connectivity index (χ1) is 27.1. The first kappa shape index (κ1) is 51.1. The second-order valence-corrected chi connectivity index (χ2v) is 16.5. The molecule has 0 saturated carbocycles. The molecule has 0 aliphatic rings. The average Bonchev–Trinajstić information content (AvgIpc) is 3.71. The van der Waals surface area contributed by atoms with E-state index < -0.39 is 0 Å². The van der Waals surface area contributed by atoms with Gasteiger partial charge in [-0.3, -0.25) is 14.3 Å². The van der Waals surface area contributed by atoms with E-state index in [0.717, 1.165) is 77.5 Å². The fourth-order valence-electron chi connectivity index (χ4n) is 7.54. The minimum Gasteiger partial charge on any atom is -0.466 e. The average molecular weight is 775 g/mol. The maximum absolute atomic E-state index is 12.8. The zero-order valence-corrected chi connectivity index (χ0v) is 36.7. The summed E-state index contributed by atoms with van der Waals surface area (Å²) in [7, 11) is 0. The van der Waals surface area contributed by atoms with Gasteiger partial charge in [-0.2, -0.15) is 0 Å². The van der Waals surface area contributed by atoms with Crippen molar-refractivity contribution < 1.29 is 19.1 Å². The number of rotatable bonds is 43. The summed E-state index contributed by atoms with van der Waals surface area (Å²) >= 11 is 0. The Balaban J connectivity index is 2.24. The van der Waals surface area contributed by atoms with E-state index in [4.69, 9.17) is 9.47 Å². The Morgan fingerprint density at radius 2 is 0.964 bits per heavy atom. The molecule has 0 aromatic carbocycles. The van der Waals surface area contributed by atoms with E-state index in [1.807, 2.05) is 10.9 Å². The maximum Gasteiger partial charge on any atom is 0.306 e. The molecule has 1 heterocycles.